The van der Waals surface area contributed by atoms with Crippen molar-refractivity contribution >= 4 is 17.3 Å². The maximum absolute atomic E-state index is 11.7. The van der Waals surface area contributed by atoms with E-state index in [1.807, 2.05) is 12.1 Å². The molecule has 0 saturated carbocycles. The van der Waals surface area contributed by atoms with Crippen LogP contribution in [0.2, 0.25) is 0 Å². The molecule has 1 aromatic heterocycles. The number of rotatable bonds is 12. The van der Waals surface area contributed by atoms with E-state index < -0.39 is 0 Å². The molecule has 0 amide bonds. The average molecular weight is 514 g/mol. The van der Waals surface area contributed by atoms with Crippen molar-refractivity contribution in [1.29, 1.82) is 0 Å². The number of aryl methyl sites for hydroxylation is 4. The van der Waals surface area contributed by atoms with Crippen molar-refractivity contribution in [2.75, 3.05) is 13.7 Å². The summed E-state index contributed by atoms with van der Waals surface area (Å²) in [4.78, 5) is 14.2. The predicted octanol–water partition coefficient (Wildman–Crippen LogP) is 6.98. The number of thiophene rings is 1. The second-order valence-electron chi connectivity index (χ2n) is 9.31. The molecule has 0 radical (unpaired) electrons. The summed E-state index contributed by atoms with van der Waals surface area (Å²) in [5.41, 5.74) is 6.85. The first-order valence-electron chi connectivity index (χ1n) is 12.7. The van der Waals surface area contributed by atoms with Gasteiger partial charge in [0.1, 0.15) is 6.10 Å². The smallest absolute Gasteiger partial charge is 0.337 e. The molecule has 5 heteroatoms. The Balaban J connectivity index is 1.33. The molecule has 0 aliphatic rings. The van der Waals surface area contributed by atoms with Crippen molar-refractivity contribution in [3.05, 3.63) is 128 Å². The van der Waals surface area contributed by atoms with Gasteiger partial charge in [-0.3, -0.25) is 0 Å². The van der Waals surface area contributed by atoms with Crippen molar-refractivity contribution < 1.29 is 14.3 Å². The third-order valence-electron chi connectivity index (χ3n) is 6.56. The van der Waals surface area contributed by atoms with E-state index in [4.69, 9.17) is 9.47 Å². The molecule has 1 N–H and O–H groups in total. The summed E-state index contributed by atoms with van der Waals surface area (Å²) in [6, 6.07) is 29.1. The van der Waals surface area contributed by atoms with Gasteiger partial charge in [0.2, 0.25) is 0 Å². The van der Waals surface area contributed by atoms with Crippen molar-refractivity contribution in [3.63, 3.8) is 0 Å². The lowest BCUT2D eigenvalue weighted by Crippen LogP contribution is -2.22. The Hall–Kier alpha value is -3.25. The highest BCUT2D eigenvalue weighted by Crippen LogP contribution is 2.29. The Morgan fingerprint density at radius 1 is 0.838 bits per heavy atom. The van der Waals surface area contributed by atoms with E-state index in [1.165, 1.54) is 39.1 Å². The Bertz CT molecular complexity index is 1240. The number of hydrogen-bond acceptors (Lipinski definition) is 5. The summed E-state index contributed by atoms with van der Waals surface area (Å²) in [7, 11) is 1.40. The van der Waals surface area contributed by atoms with Crippen molar-refractivity contribution in [3.8, 4) is 0 Å². The maximum atomic E-state index is 11.7. The molecule has 37 heavy (non-hydrogen) atoms. The fourth-order valence-corrected chi connectivity index (χ4v) is 5.25. The molecule has 0 bridgehead atoms. The highest BCUT2D eigenvalue weighted by Gasteiger charge is 2.16. The van der Waals surface area contributed by atoms with Crippen molar-refractivity contribution in [2.45, 2.75) is 45.9 Å². The lowest BCUT2D eigenvalue weighted by molar-refractivity contribution is 0.0419. The van der Waals surface area contributed by atoms with Crippen LogP contribution in [0.3, 0.4) is 0 Å². The van der Waals surface area contributed by atoms with Gasteiger partial charge in [-0.1, -0.05) is 66.7 Å². The molecule has 0 aliphatic heterocycles. The van der Waals surface area contributed by atoms with Gasteiger partial charge in [-0.25, -0.2) is 4.79 Å². The van der Waals surface area contributed by atoms with Crippen LogP contribution in [0.15, 0.2) is 84.9 Å². The lowest BCUT2D eigenvalue weighted by Gasteiger charge is -2.18. The van der Waals surface area contributed by atoms with Crippen LogP contribution in [0.5, 0.6) is 0 Å². The van der Waals surface area contributed by atoms with Crippen LogP contribution in [0.1, 0.15) is 54.0 Å². The summed E-state index contributed by atoms with van der Waals surface area (Å²) < 4.78 is 11.2. The van der Waals surface area contributed by atoms with Gasteiger partial charge in [-0.2, -0.15) is 0 Å². The summed E-state index contributed by atoms with van der Waals surface area (Å²) in [5, 5.41) is 3.53. The van der Waals surface area contributed by atoms with E-state index in [0.29, 0.717) is 25.3 Å². The Kier molecular flexibility index (Phi) is 9.66. The number of nitrogens with one attached hydrogen (secondary N) is 1. The molecule has 192 valence electrons. The first-order valence-corrected chi connectivity index (χ1v) is 13.5. The average Bonchev–Trinajstić information content (AvgIpc) is 3.28. The molecule has 1 unspecified atom stereocenters. The van der Waals surface area contributed by atoms with Crippen LogP contribution in [-0.2, 0) is 35.5 Å². The number of methoxy groups -OCH3 is 1. The fraction of sp³-hybridized carbons (Fsp3) is 0.281. The van der Waals surface area contributed by atoms with Crippen LogP contribution >= 0.6 is 11.3 Å². The largest absolute Gasteiger partial charge is 0.465 e. The number of carbonyl (C=O) groups is 1. The predicted molar refractivity (Wildman–Crippen MR) is 151 cm³/mol. The van der Waals surface area contributed by atoms with Gasteiger partial charge < -0.3 is 14.8 Å². The molecule has 3 aromatic carbocycles. The number of ether oxygens (including phenoxy) is 2. The minimum Gasteiger partial charge on any atom is -0.465 e. The maximum Gasteiger partial charge on any atom is 0.337 e. The number of carbonyl (C=O) groups excluding carboxylic acids is 1. The van der Waals surface area contributed by atoms with Gasteiger partial charge in [0.25, 0.3) is 0 Å². The SMILES string of the molecule is COC(=O)c1ccc(CNCC(OCc2ccc(CCc3ccccc3)cc2)c2cc(C)c(C)s2)cc1. The van der Waals surface area contributed by atoms with Crippen molar-refractivity contribution in [2.24, 2.45) is 0 Å². The zero-order valence-corrected chi connectivity index (χ0v) is 22.6. The topological polar surface area (TPSA) is 47.6 Å². The van der Waals surface area contributed by atoms with Crippen LogP contribution in [-0.4, -0.2) is 19.6 Å². The Labute approximate surface area is 224 Å². The van der Waals surface area contributed by atoms with Gasteiger partial charge in [-0.15, -0.1) is 11.3 Å². The summed E-state index contributed by atoms with van der Waals surface area (Å²) in [6.45, 7) is 6.27. The van der Waals surface area contributed by atoms with Gasteiger partial charge in [0, 0.05) is 22.8 Å². The highest BCUT2D eigenvalue weighted by molar-refractivity contribution is 7.12. The third kappa shape index (κ3) is 7.86. The molecular weight excluding hydrogens is 478 g/mol. The van der Waals surface area contributed by atoms with E-state index >= 15 is 0 Å². The molecule has 1 heterocycles. The zero-order valence-electron chi connectivity index (χ0n) is 21.8. The van der Waals surface area contributed by atoms with Crippen LogP contribution < -0.4 is 5.32 Å². The summed E-state index contributed by atoms with van der Waals surface area (Å²) in [6.07, 6.45) is 2.04. The van der Waals surface area contributed by atoms with E-state index in [-0.39, 0.29) is 12.1 Å². The van der Waals surface area contributed by atoms with E-state index in [1.54, 1.807) is 23.5 Å². The normalized spacial score (nSPS) is 11.9. The number of esters is 1. The van der Waals surface area contributed by atoms with Crippen LogP contribution in [0.4, 0.5) is 0 Å². The molecule has 0 fully saturated rings. The van der Waals surface area contributed by atoms with Gasteiger partial charge in [0.15, 0.2) is 0 Å². The molecule has 0 spiro atoms. The Morgan fingerprint density at radius 3 is 2.08 bits per heavy atom. The minimum absolute atomic E-state index is 0.0375. The summed E-state index contributed by atoms with van der Waals surface area (Å²) >= 11 is 1.80. The van der Waals surface area contributed by atoms with Gasteiger partial charge >= 0.3 is 5.97 Å². The second kappa shape index (κ2) is 13.3. The first kappa shape index (κ1) is 26.8. The van der Waals surface area contributed by atoms with E-state index in [9.17, 15) is 4.79 Å². The van der Waals surface area contributed by atoms with Crippen molar-refractivity contribution in [1.82, 2.24) is 5.32 Å². The highest BCUT2D eigenvalue weighted by atomic mass is 32.1. The minimum atomic E-state index is -0.319. The Morgan fingerprint density at radius 2 is 1.46 bits per heavy atom. The zero-order chi connectivity index (χ0) is 26.0. The molecule has 4 nitrogen and oxygen atoms in total. The number of hydrogen-bond donors (Lipinski definition) is 1. The van der Waals surface area contributed by atoms with E-state index in [2.05, 4.69) is 79.8 Å². The quantitative estimate of drug-likeness (QED) is 0.208. The monoisotopic (exact) mass is 513 g/mol. The second-order valence-corrected chi connectivity index (χ2v) is 10.6. The molecule has 0 saturated heterocycles. The molecule has 1 atom stereocenters. The van der Waals surface area contributed by atoms with Crippen LogP contribution in [0, 0.1) is 13.8 Å². The van der Waals surface area contributed by atoms with Gasteiger partial charge in [0.05, 0.1) is 19.3 Å². The third-order valence-corrected chi connectivity index (χ3v) is 7.80. The first-order chi connectivity index (χ1) is 18.0. The van der Waals surface area contributed by atoms with Gasteiger partial charge in [-0.05, 0) is 72.7 Å². The van der Waals surface area contributed by atoms with E-state index in [0.717, 1.165) is 18.4 Å². The molecule has 4 aromatic rings. The summed E-state index contributed by atoms with van der Waals surface area (Å²) in [5.74, 6) is -0.319. The molecule has 0 aliphatic carbocycles. The number of benzene rings is 3. The van der Waals surface area contributed by atoms with Crippen LogP contribution in [0.25, 0.3) is 0 Å². The standard InChI is InChI=1S/C32H35NO3S/c1-23-19-31(37-24(23)2)30(21-33-20-27-15-17-29(18-16-27)32(34)35-3)36-22-28-13-11-26(12-14-28)10-9-25-7-5-4-6-8-25/h4-8,11-19,30,33H,9-10,20-22H2,1-3H3. The lowest BCUT2D eigenvalue weighted by atomic mass is 10.0. The molecular formula is C32H35NO3S. The molecule has 4 rings (SSSR count). The fourth-order valence-electron chi connectivity index (χ4n) is 4.16.